The van der Waals surface area contributed by atoms with Gasteiger partial charge in [0.15, 0.2) is 6.17 Å². The average molecular weight is 454 g/mol. The van der Waals surface area contributed by atoms with E-state index in [-0.39, 0.29) is 23.6 Å². The lowest BCUT2D eigenvalue weighted by Gasteiger charge is -2.43. The van der Waals surface area contributed by atoms with Crippen LogP contribution in [0.4, 0.5) is 4.39 Å². The number of pyridine rings is 1. The van der Waals surface area contributed by atoms with E-state index in [4.69, 9.17) is 5.73 Å². The lowest BCUT2D eigenvalue weighted by molar-refractivity contribution is -0.133. The van der Waals surface area contributed by atoms with Crippen LogP contribution in [0.2, 0.25) is 0 Å². The van der Waals surface area contributed by atoms with Crippen LogP contribution in [-0.2, 0) is 4.79 Å². The van der Waals surface area contributed by atoms with Gasteiger partial charge in [-0.2, -0.15) is 0 Å². The van der Waals surface area contributed by atoms with E-state index in [0.717, 1.165) is 25.7 Å². The molecule has 0 bridgehead atoms. The third-order valence-electron chi connectivity index (χ3n) is 6.28. The summed E-state index contributed by atoms with van der Waals surface area (Å²) in [6, 6.07) is 8.43. The molecule has 1 atom stereocenters. The van der Waals surface area contributed by atoms with Crippen molar-refractivity contribution in [3.63, 3.8) is 0 Å². The van der Waals surface area contributed by atoms with Crippen molar-refractivity contribution in [3.8, 4) is 0 Å². The van der Waals surface area contributed by atoms with E-state index in [2.05, 4.69) is 10.3 Å². The van der Waals surface area contributed by atoms with Gasteiger partial charge in [0.05, 0.1) is 0 Å². The first kappa shape index (κ1) is 22.8. The molecule has 1 aliphatic carbocycles. The highest BCUT2D eigenvalue weighted by Crippen LogP contribution is 2.23. The molecule has 174 valence electrons. The highest BCUT2D eigenvalue weighted by atomic mass is 19.1. The summed E-state index contributed by atoms with van der Waals surface area (Å²) in [5.41, 5.74) is 6.63. The smallest absolute Gasteiger partial charge is 0.264 e. The average Bonchev–Trinajstić information content (AvgIpc) is 2.85. The molecule has 1 saturated carbocycles. The number of nitrogens with two attached hydrogens (primary N) is 1. The van der Waals surface area contributed by atoms with Crippen molar-refractivity contribution in [2.45, 2.75) is 50.4 Å². The highest BCUT2D eigenvalue weighted by molar-refractivity contribution is 6.01. The van der Waals surface area contributed by atoms with Crippen molar-refractivity contribution in [2.24, 2.45) is 5.73 Å². The first-order valence-electron chi connectivity index (χ1n) is 11.3. The molecule has 1 unspecified atom stereocenters. The molecular weight excluding hydrogens is 425 g/mol. The van der Waals surface area contributed by atoms with Crippen molar-refractivity contribution in [1.82, 2.24) is 20.1 Å². The molecule has 33 heavy (non-hydrogen) atoms. The van der Waals surface area contributed by atoms with E-state index >= 15 is 0 Å². The SMILES string of the molecule is NC1CCC(NC(=O)C2N(C(=O)c3ccncc3)CCCN2C(=O)c2ccc(F)cc2)CC1. The molecule has 2 aromatic rings. The molecule has 1 saturated heterocycles. The van der Waals surface area contributed by atoms with Crippen LogP contribution < -0.4 is 11.1 Å². The molecule has 3 N–H and O–H groups in total. The minimum Gasteiger partial charge on any atom is -0.350 e. The number of hydrogen-bond acceptors (Lipinski definition) is 5. The second-order valence-corrected chi connectivity index (χ2v) is 8.59. The van der Waals surface area contributed by atoms with E-state index < -0.39 is 23.8 Å². The summed E-state index contributed by atoms with van der Waals surface area (Å²) in [6.07, 6.45) is 5.57. The number of amides is 3. The van der Waals surface area contributed by atoms with Crippen molar-refractivity contribution in [2.75, 3.05) is 13.1 Å². The van der Waals surface area contributed by atoms with Crippen LogP contribution in [0, 0.1) is 5.82 Å². The van der Waals surface area contributed by atoms with Gasteiger partial charge in [-0.05, 0) is 68.5 Å². The Morgan fingerprint density at radius 3 is 2.00 bits per heavy atom. The second-order valence-electron chi connectivity index (χ2n) is 8.59. The summed E-state index contributed by atoms with van der Waals surface area (Å²) >= 11 is 0. The summed E-state index contributed by atoms with van der Waals surface area (Å²) in [6.45, 7) is 0.645. The zero-order valence-corrected chi connectivity index (χ0v) is 18.3. The minimum atomic E-state index is -1.10. The van der Waals surface area contributed by atoms with E-state index in [0.29, 0.717) is 25.1 Å². The zero-order valence-electron chi connectivity index (χ0n) is 18.3. The summed E-state index contributed by atoms with van der Waals surface area (Å²) in [7, 11) is 0. The third kappa shape index (κ3) is 5.19. The maximum absolute atomic E-state index is 13.5. The Kier molecular flexibility index (Phi) is 6.98. The molecule has 2 heterocycles. The van der Waals surface area contributed by atoms with Gasteiger partial charge in [-0.1, -0.05) is 0 Å². The van der Waals surface area contributed by atoms with Gasteiger partial charge in [0.1, 0.15) is 5.82 Å². The lowest BCUT2D eigenvalue weighted by atomic mass is 9.91. The quantitative estimate of drug-likeness (QED) is 0.735. The Hall–Kier alpha value is -3.33. The number of carbonyl (C=O) groups is 3. The molecule has 8 nitrogen and oxygen atoms in total. The topological polar surface area (TPSA) is 109 Å². The Bertz CT molecular complexity index is 993. The number of halogens is 1. The fourth-order valence-electron chi connectivity index (χ4n) is 4.49. The van der Waals surface area contributed by atoms with Crippen LogP contribution in [0.1, 0.15) is 52.8 Å². The van der Waals surface area contributed by atoms with Crippen molar-refractivity contribution >= 4 is 17.7 Å². The summed E-state index contributed by atoms with van der Waals surface area (Å²) < 4.78 is 13.4. The number of nitrogens with zero attached hydrogens (tertiary/aromatic N) is 3. The molecular formula is C24H28FN5O3. The fraction of sp³-hybridized carbons (Fsp3) is 0.417. The van der Waals surface area contributed by atoms with Gasteiger partial charge in [-0.3, -0.25) is 19.4 Å². The van der Waals surface area contributed by atoms with Gasteiger partial charge in [0, 0.05) is 48.7 Å². The predicted molar refractivity (Wildman–Crippen MR) is 119 cm³/mol. The molecule has 4 rings (SSSR count). The Balaban J connectivity index is 1.62. The molecule has 1 aromatic heterocycles. The molecule has 3 amide bonds. The number of carbonyl (C=O) groups excluding carboxylic acids is 3. The molecule has 9 heteroatoms. The van der Waals surface area contributed by atoms with Crippen molar-refractivity contribution in [1.29, 1.82) is 0 Å². The van der Waals surface area contributed by atoms with Crippen LogP contribution in [-0.4, -0.2) is 63.8 Å². The second kappa shape index (κ2) is 10.1. The molecule has 0 spiro atoms. The van der Waals surface area contributed by atoms with Gasteiger partial charge in [0.25, 0.3) is 17.7 Å². The first-order valence-corrected chi connectivity index (χ1v) is 11.3. The van der Waals surface area contributed by atoms with E-state index in [1.165, 1.54) is 46.5 Å². The third-order valence-corrected chi connectivity index (χ3v) is 6.28. The zero-order chi connectivity index (χ0) is 23.4. The van der Waals surface area contributed by atoms with Crippen LogP contribution in [0.15, 0.2) is 48.8 Å². The van der Waals surface area contributed by atoms with Gasteiger partial charge >= 0.3 is 0 Å². The Labute approximate surface area is 192 Å². The maximum Gasteiger partial charge on any atom is 0.264 e. The summed E-state index contributed by atoms with van der Waals surface area (Å²) in [5.74, 6) is -1.62. The maximum atomic E-state index is 13.5. The number of rotatable bonds is 4. The Morgan fingerprint density at radius 2 is 1.42 bits per heavy atom. The largest absolute Gasteiger partial charge is 0.350 e. The first-order chi connectivity index (χ1) is 15.9. The monoisotopic (exact) mass is 453 g/mol. The van der Waals surface area contributed by atoms with E-state index in [1.54, 1.807) is 12.1 Å². The van der Waals surface area contributed by atoms with Gasteiger partial charge < -0.3 is 20.9 Å². The van der Waals surface area contributed by atoms with Crippen LogP contribution >= 0.6 is 0 Å². The molecule has 2 aliphatic rings. The fourth-order valence-corrected chi connectivity index (χ4v) is 4.49. The lowest BCUT2D eigenvalue weighted by Crippen LogP contribution is -2.64. The number of aromatic nitrogens is 1. The summed E-state index contributed by atoms with van der Waals surface area (Å²) in [4.78, 5) is 46.9. The van der Waals surface area contributed by atoms with Crippen molar-refractivity contribution < 1.29 is 18.8 Å². The molecule has 0 radical (unpaired) electrons. The van der Waals surface area contributed by atoms with Gasteiger partial charge in [-0.15, -0.1) is 0 Å². The van der Waals surface area contributed by atoms with Crippen molar-refractivity contribution in [3.05, 3.63) is 65.7 Å². The number of nitrogens with one attached hydrogen (secondary N) is 1. The standard InChI is InChI=1S/C24H28FN5O3/c25-18-4-2-16(3-5-18)23(32)29-14-1-15-30(24(33)17-10-12-27-13-11-17)22(29)21(31)28-20-8-6-19(26)7-9-20/h2-5,10-13,19-20,22H,1,6-9,14-15,26H2,(H,28,31). The number of benzene rings is 1. The Morgan fingerprint density at radius 1 is 0.879 bits per heavy atom. The predicted octanol–water partition coefficient (Wildman–Crippen LogP) is 1.92. The highest BCUT2D eigenvalue weighted by Gasteiger charge is 2.41. The summed E-state index contributed by atoms with van der Waals surface area (Å²) in [5, 5.41) is 3.04. The number of hydrogen-bond donors (Lipinski definition) is 2. The van der Waals surface area contributed by atoms with E-state index in [9.17, 15) is 18.8 Å². The normalized spacial score (nSPS) is 23.2. The van der Waals surface area contributed by atoms with E-state index in [1.807, 2.05) is 0 Å². The van der Waals surface area contributed by atoms with Crippen LogP contribution in [0.5, 0.6) is 0 Å². The molecule has 2 fully saturated rings. The molecule has 1 aromatic carbocycles. The van der Waals surface area contributed by atoms with Crippen LogP contribution in [0.25, 0.3) is 0 Å². The molecule has 1 aliphatic heterocycles. The van der Waals surface area contributed by atoms with Gasteiger partial charge in [-0.25, -0.2) is 4.39 Å². The van der Waals surface area contributed by atoms with Gasteiger partial charge in [0.2, 0.25) is 0 Å². The minimum absolute atomic E-state index is 0.0557. The van der Waals surface area contributed by atoms with Crippen LogP contribution in [0.3, 0.4) is 0 Å².